The Labute approximate surface area is 103 Å². The van der Waals surface area contributed by atoms with E-state index in [0.29, 0.717) is 11.8 Å². The lowest BCUT2D eigenvalue weighted by atomic mass is 9.98. The normalized spacial score (nSPS) is 11.2. The largest absolute Gasteiger partial charge is 0.425 e. The van der Waals surface area contributed by atoms with E-state index in [2.05, 4.69) is 24.0 Å². The minimum absolute atomic E-state index is 0.437. The van der Waals surface area contributed by atoms with E-state index in [4.69, 9.17) is 16.0 Å². The Morgan fingerprint density at radius 3 is 2.44 bits per heavy atom. The Kier molecular flexibility index (Phi) is 6.46. The molecular formula is C12H21ClN2O. The monoisotopic (exact) mass is 244 g/mol. The first-order valence-corrected chi connectivity index (χ1v) is 6.73. The van der Waals surface area contributed by atoms with Gasteiger partial charge in [-0.2, -0.15) is 0 Å². The molecule has 92 valence electrons. The van der Waals surface area contributed by atoms with Crippen molar-refractivity contribution in [2.45, 2.75) is 58.3 Å². The van der Waals surface area contributed by atoms with Crippen LogP contribution in [-0.2, 0) is 6.42 Å². The van der Waals surface area contributed by atoms with E-state index in [9.17, 15) is 0 Å². The number of aryl methyl sites for hydroxylation is 1. The fourth-order valence-electron chi connectivity index (χ4n) is 1.84. The molecule has 0 N–H and O–H groups in total. The third kappa shape index (κ3) is 4.12. The van der Waals surface area contributed by atoms with Crippen LogP contribution in [0.3, 0.4) is 0 Å². The molecule has 0 radical (unpaired) electrons. The number of hydrogen-bond donors (Lipinski definition) is 0. The third-order valence-corrected chi connectivity index (χ3v) is 2.90. The highest BCUT2D eigenvalue weighted by molar-refractivity contribution is 6.17. The lowest BCUT2D eigenvalue weighted by molar-refractivity contribution is 0.388. The van der Waals surface area contributed by atoms with Gasteiger partial charge in [-0.25, -0.2) is 0 Å². The highest BCUT2D eigenvalue weighted by Crippen LogP contribution is 2.25. The predicted octanol–water partition coefficient (Wildman–Crippen LogP) is 3.92. The SMILES string of the molecule is CCCC(CCC)c1nnc(CCCCl)o1. The van der Waals surface area contributed by atoms with Gasteiger partial charge in [0.1, 0.15) is 0 Å². The summed E-state index contributed by atoms with van der Waals surface area (Å²) < 4.78 is 5.67. The smallest absolute Gasteiger partial charge is 0.219 e. The Morgan fingerprint density at radius 1 is 1.19 bits per heavy atom. The maximum atomic E-state index is 5.67. The molecule has 4 heteroatoms. The zero-order valence-corrected chi connectivity index (χ0v) is 11.0. The summed E-state index contributed by atoms with van der Waals surface area (Å²) >= 11 is 5.63. The molecule has 0 saturated heterocycles. The average molecular weight is 245 g/mol. The summed E-state index contributed by atoms with van der Waals surface area (Å²) in [6.07, 6.45) is 6.26. The van der Waals surface area contributed by atoms with Crippen molar-refractivity contribution in [2.75, 3.05) is 5.88 Å². The third-order valence-electron chi connectivity index (χ3n) is 2.63. The molecule has 0 aliphatic heterocycles. The molecule has 0 unspecified atom stereocenters. The van der Waals surface area contributed by atoms with Crippen LogP contribution in [0.2, 0.25) is 0 Å². The summed E-state index contributed by atoms with van der Waals surface area (Å²) in [6.45, 7) is 4.38. The lowest BCUT2D eigenvalue weighted by Crippen LogP contribution is -1.98. The predicted molar refractivity (Wildman–Crippen MR) is 65.9 cm³/mol. The zero-order valence-electron chi connectivity index (χ0n) is 10.2. The Morgan fingerprint density at radius 2 is 1.88 bits per heavy atom. The standard InChI is InChI=1S/C12H21ClN2O/c1-3-6-10(7-4-2)12-15-14-11(16-12)8-5-9-13/h10H,3-9H2,1-2H3. The van der Waals surface area contributed by atoms with Crippen LogP contribution in [0.15, 0.2) is 4.42 Å². The van der Waals surface area contributed by atoms with Gasteiger partial charge < -0.3 is 4.42 Å². The second-order valence-electron chi connectivity index (χ2n) is 4.10. The van der Waals surface area contributed by atoms with E-state index in [0.717, 1.165) is 50.3 Å². The molecule has 16 heavy (non-hydrogen) atoms. The van der Waals surface area contributed by atoms with Crippen molar-refractivity contribution >= 4 is 11.6 Å². The van der Waals surface area contributed by atoms with Crippen LogP contribution >= 0.6 is 11.6 Å². The number of aromatic nitrogens is 2. The summed E-state index contributed by atoms with van der Waals surface area (Å²) in [6, 6.07) is 0. The first-order valence-electron chi connectivity index (χ1n) is 6.20. The molecule has 1 aromatic rings. The van der Waals surface area contributed by atoms with Crippen molar-refractivity contribution in [1.29, 1.82) is 0 Å². The summed E-state index contributed by atoms with van der Waals surface area (Å²) in [5.41, 5.74) is 0. The van der Waals surface area contributed by atoms with Gasteiger partial charge in [-0.1, -0.05) is 26.7 Å². The van der Waals surface area contributed by atoms with Crippen LogP contribution in [0, 0.1) is 0 Å². The van der Waals surface area contributed by atoms with Crippen molar-refractivity contribution in [1.82, 2.24) is 10.2 Å². The second kappa shape index (κ2) is 7.66. The topological polar surface area (TPSA) is 38.9 Å². The molecule has 3 nitrogen and oxygen atoms in total. The highest BCUT2D eigenvalue weighted by atomic mass is 35.5. The van der Waals surface area contributed by atoms with Gasteiger partial charge in [-0.05, 0) is 19.3 Å². The molecule has 1 heterocycles. The Bertz CT molecular complexity index is 282. The number of nitrogens with zero attached hydrogens (tertiary/aromatic N) is 2. The number of halogens is 1. The first-order chi connectivity index (χ1) is 7.81. The van der Waals surface area contributed by atoms with Crippen LogP contribution in [0.4, 0.5) is 0 Å². The maximum absolute atomic E-state index is 5.67. The zero-order chi connectivity index (χ0) is 11.8. The molecule has 0 fully saturated rings. The molecular weight excluding hydrogens is 224 g/mol. The van der Waals surface area contributed by atoms with E-state index in [1.165, 1.54) is 0 Å². The fraction of sp³-hybridized carbons (Fsp3) is 0.833. The van der Waals surface area contributed by atoms with Gasteiger partial charge in [0.25, 0.3) is 0 Å². The Balaban J connectivity index is 2.58. The molecule has 0 aliphatic carbocycles. The van der Waals surface area contributed by atoms with E-state index in [1.54, 1.807) is 0 Å². The molecule has 1 rings (SSSR count). The van der Waals surface area contributed by atoms with E-state index >= 15 is 0 Å². The summed E-state index contributed by atoms with van der Waals surface area (Å²) in [4.78, 5) is 0. The average Bonchev–Trinajstić information content (AvgIpc) is 2.74. The summed E-state index contributed by atoms with van der Waals surface area (Å²) in [5, 5.41) is 8.21. The van der Waals surface area contributed by atoms with E-state index in [1.807, 2.05) is 0 Å². The van der Waals surface area contributed by atoms with Gasteiger partial charge in [0, 0.05) is 18.2 Å². The van der Waals surface area contributed by atoms with Crippen LogP contribution in [0.25, 0.3) is 0 Å². The van der Waals surface area contributed by atoms with Gasteiger partial charge in [-0.15, -0.1) is 21.8 Å². The quantitative estimate of drug-likeness (QED) is 0.651. The van der Waals surface area contributed by atoms with Crippen LogP contribution in [0.1, 0.15) is 63.7 Å². The molecule has 0 spiro atoms. The lowest BCUT2D eigenvalue weighted by Gasteiger charge is -2.09. The van der Waals surface area contributed by atoms with Crippen LogP contribution in [0.5, 0.6) is 0 Å². The van der Waals surface area contributed by atoms with E-state index in [-0.39, 0.29) is 0 Å². The van der Waals surface area contributed by atoms with Gasteiger partial charge in [0.2, 0.25) is 11.8 Å². The van der Waals surface area contributed by atoms with E-state index < -0.39 is 0 Å². The van der Waals surface area contributed by atoms with Gasteiger partial charge in [0.05, 0.1) is 0 Å². The van der Waals surface area contributed by atoms with Crippen LogP contribution in [-0.4, -0.2) is 16.1 Å². The molecule has 0 bridgehead atoms. The molecule has 1 aromatic heterocycles. The van der Waals surface area contributed by atoms with Crippen molar-refractivity contribution in [2.24, 2.45) is 0 Å². The van der Waals surface area contributed by atoms with Gasteiger partial charge >= 0.3 is 0 Å². The maximum Gasteiger partial charge on any atom is 0.219 e. The minimum Gasteiger partial charge on any atom is -0.425 e. The second-order valence-corrected chi connectivity index (χ2v) is 4.48. The van der Waals surface area contributed by atoms with Crippen molar-refractivity contribution in [3.63, 3.8) is 0 Å². The fourth-order valence-corrected chi connectivity index (χ4v) is 1.97. The van der Waals surface area contributed by atoms with Crippen LogP contribution < -0.4 is 0 Å². The molecule has 0 aromatic carbocycles. The first kappa shape index (κ1) is 13.5. The number of rotatable bonds is 8. The summed E-state index contributed by atoms with van der Waals surface area (Å²) in [5.74, 6) is 2.62. The summed E-state index contributed by atoms with van der Waals surface area (Å²) in [7, 11) is 0. The van der Waals surface area contributed by atoms with Crippen molar-refractivity contribution < 1.29 is 4.42 Å². The molecule has 0 amide bonds. The molecule has 0 aliphatic rings. The van der Waals surface area contributed by atoms with Crippen molar-refractivity contribution in [3.8, 4) is 0 Å². The van der Waals surface area contributed by atoms with Gasteiger partial charge in [0.15, 0.2) is 0 Å². The number of hydrogen-bond acceptors (Lipinski definition) is 3. The minimum atomic E-state index is 0.437. The highest BCUT2D eigenvalue weighted by Gasteiger charge is 2.16. The Hall–Kier alpha value is -0.570. The number of alkyl halides is 1. The molecule has 0 saturated carbocycles. The van der Waals surface area contributed by atoms with Gasteiger partial charge in [-0.3, -0.25) is 0 Å². The molecule has 0 atom stereocenters. The van der Waals surface area contributed by atoms with Crippen molar-refractivity contribution in [3.05, 3.63) is 11.8 Å².